The molecule has 0 bridgehead atoms. The third-order valence-corrected chi connectivity index (χ3v) is 7.73. The molecule has 0 saturated carbocycles. The quantitative estimate of drug-likeness (QED) is 0.395. The molecular formula is C30H27BrN4O2. The standard InChI is InChI=1S/C30H27BrN4O2/c1-18-13-19(2)22(14-20(18)17-37-27-11-4-3-8-24(27)31)28-23(15-32)30(33)35(21-7-6-12-34-16-21)25-9-5-10-26(36)29(25)28/h3-4,6-8,11-14,16,28H,5,9-10,17,33H2,1-2H3. The largest absolute Gasteiger partial charge is 0.488 e. The molecule has 1 aliphatic heterocycles. The number of ether oxygens (including phenoxy) is 1. The van der Waals surface area contributed by atoms with E-state index in [1.165, 1.54) is 0 Å². The van der Waals surface area contributed by atoms with E-state index in [-0.39, 0.29) is 5.78 Å². The Hall–Kier alpha value is -3.89. The summed E-state index contributed by atoms with van der Waals surface area (Å²) in [4.78, 5) is 19.5. The van der Waals surface area contributed by atoms with Crippen LogP contribution in [0.25, 0.3) is 0 Å². The zero-order valence-corrected chi connectivity index (χ0v) is 22.4. The zero-order valence-electron chi connectivity index (χ0n) is 20.8. The van der Waals surface area contributed by atoms with Gasteiger partial charge in [0.15, 0.2) is 5.78 Å². The first-order valence-electron chi connectivity index (χ1n) is 12.2. The molecule has 0 fully saturated rings. The molecule has 37 heavy (non-hydrogen) atoms. The Morgan fingerprint density at radius 2 is 1.97 bits per heavy atom. The molecule has 0 saturated heterocycles. The lowest BCUT2D eigenvalue weighted by atomic mass is 9.74. The van der Waals surface area contributed by atoms with Gasteiger partial charge in [-0.3, -0.25) is 14.7 Å². The molecule has 3 aromatic rings. The summed E-state index contributed by atoms with van der Waals surface area (Å²) in [6.45, 7) is 4.43. The SMILES string of the molecule is Cc1cc(C)c(C2C(C#N)=C(N)N(c3cccnc3)C3=C2C(=O)CCC3)cc1COc1ccccc1Br. The van der Waals surface area contributed by atoms with Gasteiger partial charge in [-0.15, -0.1) is 0 Å². The van der Waals surface area contributed by atoms with E-state index in [2.05, 4.69) is 39.1 Å². The van der Waals surface area contributed by atoms with E-state index in [1.807, 2.05) is 55.1 Å². The number of para-hydroxylation sites is 1. The second-order valence-electron chi connectivity index (χ2n) is 9.38. The first-order valence-corrected chi connectivity index (χ1v) is 13.0. The molecule has 186 valence electrons. The van der Waals surface area contributed by atoms with Gasteiger partial charge in [0.25, 0.3) is 0 Å². The van der Waals surface area contributed by atoms with Crippen molar-refractivity contribution < 1.29 is 9.53 Å². The predicted octanol–water partition coefficient (Wildman–Crippen LogP) is 6.34. The monoisotopic (exact) mass is 554 g/mol. The van der Waals surface area contributed by atoms with Crippen molar-refractivity contribution in [2.24, 2.45) is 5.73 Å². The van der Waals surface area contributed by atoms with Crippen molar-refractivity contribution in [1.29, 1.82) is 5.26 Å². The van der Waals surface area contributed by atoms with Gasteiger partial charge >= 0.3 is 0 Å². The molecule has 0 spiro atoms. The van der Waals surface area contributed by atoms with Crippen LogP contribution in [0.1, 0.15) is 47.4 Å². The number of aromatic nitrogens is 1. The molecule has 2 aromatic carbocycles. The number of halogens is 1. The topological polar surface area (TPSA) is 92.2 Å². The highest BCUT2D eigenvalue weighted by atomic mass is 79.9. The predicted molar refractivity (Wildman–Crippen MR) is 147 cm³/mol. The van der Waals surface area contributed by atoms with Crippen LogP contribution in [-0.4, -0.2) is 10.8 Å². The van der Waals surface area contributed by atoms with Crippen LogP contribution in [0.3, 0.4) is 0 Å². The Morgan fingerprint density at radius 3 is 2.70 bits per heavy atom. The Morgan fingerprint density at radius 1 is 1.16 bits per heavy atom. The third kappa shape index (κ3) is 4.54. The van der Waals surface area contributed by atoms with E-state index in [9.17, 15) is 10.1 Å². The molecule has 2 aliphatic rings. The van der Waals surface area contributed by atoms with Gasteiger partial charge in [0.1, 0.15) is 18.2 Å². The van der Waals surface area contributed by atoms with Gasteiger partial charge in [0.2, 0.25) is 0 Å². The van der Waals surface area contributed by atoms with Crippen LogP contribution in [0, 0.1) is 25.2 Å². The minimum atomic E-state index is -0.525. The number of ketones is 1. The number of benzene rings is 2. The fourth-order valence-electron chi connectivity index (χ4n) is 5.28. The number of aryl methyl sites for hydroxylation is 2. The van der Waals surface area contributed by atoms with Gasteiger partial charge in [0.05, 0.1) is 33.9 Å². The summed E-state index contributed by atoms with van der Waals surface area (Å²) in [6.07, 6.45) is 5.30. The molecule has 1 aliphatic carbocycles. The number of pyridine rings is 1. The lowest BCUT2D eigenvalue weighted by molar-refractivity contribution is -0.116. The van der Waals surface area contributed by atoms with Gasteiger partial charge in [-0.25, -0.2) is 0 Å². The molecule has 5 rings (SSSR count). The fraction of sp³-hybridized carbons (Fsp3) is 0.233. The maximum atomic E-state index is 13.5. The fourth-order valence-corrected chi connectivity index (χ4v) is 5.68. The van der Waals surface area contributed by atoms with Crippen LogP contribution in [-0.2, 0) is 11.4 Å². The van der Waals surface area contributed by atoms with Crippen molar-refractivity contribution in [3.8, 4) is 11.8 Å². The normalized spacial score (nSPS) is 17.5. The van der Waals surface area contributed by atoms with Gasteiger partial charge in [-0.05, 0) is 89.1 Å². The summed E-state index contributed by atoms with van der Waals surface area (Å²) in [5.74, 6) is 0.637. The number of allylic oxidation sites excluding steroid dienone is 3. The van der Waals surface area contributed by atoms with Crippen LogP contribution in [0.2, 0.25) is 0 Å². The van der Waals surface area contributed by atoms with Crippen LogP contribution in [0.5, 0.6) is 5.75 Å². The number of hydrogen-bond donors (Lipinski definition) is 1. The van der Waals surface area contributed by atoms with E-state index in [4.69, 9.17) is 10.5 Å². The van der Waals surface area contributed by atoms with Gasteiger partial charge in [-0.1, -0.05) is 24.3 Å². The zero-order chi connectivity index (χ0) is 26.1. The number of carbonyl (C=O) groups is 1. The first-order chi connectivity index (χ1) is 17.9. The molecule has 0 amide bonds. The number of carbonyl (C=O) groups excluding carboxylic acids is 1. The smallest absolute Gasteiger partial charge is 0.161 e. The van der Waals surface area contributed by atoms with Crippen molar-refractivity contribution in [1.82, 2.24) is 4.98 Å². The summed E-state index contributed by atoms with van der Waals surface area (Å²) in [5, 5.41) is 10.3. The molecule has 1 unspecified atom stereocenters. The summed E-state index contributed by atoms with van der Waals surface area (Å²) in [6, 6.07) is 18.0. The maximum Gasteiger partial charge on any atom is 0.161 e. The Kier molecular flexibility index (Phi) is 6.86. The van der Waals surface area contributed by atoms with Crippen molar-refractivity contribution in [2.45, 2.75) is 45.6 Å². The van der Waals surface area contributed by atoms with Gasteiger partial charge < -0.3 is 10.5 Å². The number of anilines is 1. The second-order valence-corrected chi connectivity index (χ2v) is 10.2. The number of nitrogens with zero attached hydrogens (tertiary/aromatic N) is 3. The van der Waals surface area contributed by atoms with Crippen LogP contribution >= 0.6 is 15.9 Å². The van der Waals surface area contributed by atoms with E-state index in [0.717, 1.165) is 50.3 Å². The lowest BCUT2D eigenvalue weighted by Gasteiger charge is -2.40. The highest BCUT2D eigenvalue weighted by Crippen LogP contribution is 2.47. The van der Waals surface area contributed by atoms with Crippen LogP contribution in [0.4, 0.5) is 5.69 Å². The average Bonchev–Trinajstić information content (AvgIpc) is 2.89. The highest BCUT2D eigenvalue weighted by Gasteiger charge is 2.41. The molecule has 7 heteroatoms. The molecule has 2 heterocycles. The second kappa shape index (κ2) is 10.2. The highest BCUT2D eigenvalue weighted by molar-refractivity contribution is 9.10. The Labute approximate surface area is 225 Å². The third-order valence-electron chi connectivity index (χ3n) is 7.07. The summed E-state index contributed by atoms with van der Waals surface area (Å²) >= 11 is 3.54. The molecule has 0 radical (unpaired) electrons. The van der Waals surface area contributed by atoms with Gasteiger partial charge in [0, 0.05) is 23.9 Å². The summed E-state index contributed by atoms with van der Waals surface area (Å²) in [5.41, 5.74) is 13.3. The summed E-state index contributed by atoms with van der Waals surface area (Å²) in [7, 11) is 0. The maximum absolute atomic E-state index is 13.5. The van der Waals surface area contributed by atoms with Crippen molar-refractivity contribution in [3.05, 3.63) is 110 Å². The molecular weight excluding hydrogens is 528 g/mol. The number of nitriles is 1. The van der Waals surface area contributed by atoms with E-state index >= 15 is 0 Å². The molecule has 1 aromatic heterocycles. The Balaban J connectivity index is 1.63. The minimum Gasteiger partial charge on any atom is -0.488 e. The van der Waals surface area contributed by atoms with E-state index < -0.39 is 5.92 Å². The van der Waals surface area contributed by atoms with E-state index in [0.29, 0.717) is 36.4 Å². The van der Waals surface area contributed by atoms with Crippen molar-refractivity contribution in [3.63, 3.8) is 0 Å². The number of rotatable bonds is 5. The van der Waals surface area contributed by atoms with Crippen LogP contribution in [0.15, 0.2) is 88.1 Å². The van der Waals surface area contributed by atoms with E-state index in [1.54, 1.807) is 12.4 Å². The summed E-state index contributed by atoms with van der Waals surface area (Å²) < 4.78 is 7.00. The lowest BCUT2D eigenvalue weighted by Crippen LogP contribution is -2.39. The number of Topliss-reactive ketones (excluding diaryl/α,β-unsaturated/α-hetero) is 1. The van der Waals surface area contributed by atoms with Crippen molar-refractivity contribution >= 4 is 27.4 Å². The first kappa shape index (κ1) is 24.8. The van der Waals surface area contributed by atoms with Gasteiger partial charge in [-0.2, -0.15) is 5.26 Å². The molecule has 2 N–H and O–H groups in total. The minimum absolute atomic E-state index is 0.0615. The van der Waals surface area contributed by atoms with Crippen molar-refractivity contribution in [2.75, 3.05) is 4.90 Å². The van der Waals surface area contributed by atoms with Crippen LogP contribution < -0.4 is 15.4 Å². The average molecular weight is 555 g/mol. The Bertz CT molecular complexity index is 1490. The molecule has 1 atom stereocenters. The molecule has 6 nitrogen and oxygen atoms in total. The number of hydrogen-bond acceptors (Lipinski definition) is 6. The number of nitrogens with two attached hydrogens (primary N) is 1.